The van der Waals surface area contributed by atoms with Crippen molar-refractivity contribution in [3.63, 3.8) is 0 Å². The lowest BCUT2D eigenvalue weighted by atomic mass is 10.1. The van der Waals surface area contributed by atoms with Gasteiger partial charge in [0.05, 0.1) is 0 Å². The molecule has 13 heavy (non-hydrogen) atoms. The van der Waals surface area contributed by atoms with Gasteiger partial charge < -0.3 is 5.32 Å². The number of carbonyl (C=O) groups is 1. The van der Waals surface area contributed by atoms with E-state index in [0.29, 0.717) is 23.8 Å². The van der Waals surface area contributed by atoms with E-state index in [9.17, 15) is 4.79 Å². The highest BCUT2D eigenvalue weighted by Crippen LogP contribution is 2.27. The van der Waals surface area contributed by atoms with E-state index < -0.39 is 0 Å². The second-order valence-corrected chi connectivity index (χ2v) is 3.35. The lowest BCUT2D eigenvalue weighted by molar-refractivity contribution is -0.116. The minimum atomic E-state index is -0.0710. The van der Waals surface area contributed by atoms with Crippen LogP contribution in [0, 0.1) is 0 Å². The van der Waals surface area contributed by atoms with Crippen molar-refractivity contribution in [2.45, 2.75) is 12.8 Å². The van der Waals surface area contributed by atoms with Crippen LogP contribution in [0.2, 0.25) is 10.4 Å². The predicted octanol–water partition coefficient (Wildman–Crippen LogP) is 1.67. The van der Waals surface area contributed by atoms with Gasteiger partial charge in [0.2, 0.25) is 11.2 Å². The van der Waals surface area contributed by atoms with Crippen molar-refractivity contribution in [3.05, 3.63) is 16.0 Å². The van der Waals surface area contributed by atoms with Crippen LogP contribution < -0.4 is 5.32 Å². The molecule has 2 rings (SSSR count). The van der Waals surface area contributed by atoms with Gasteiger partial charge in [-0.05, 0) is 18.0 Å². The Morgan fingerprint density at radius 1 is 1.23 bits per heavy atom. The average Bonchev–Trinajstić information content (AvgIpc) is 2.02. The molecule has 0 saturated carbocycles. The van der Waals surface area contributed by atoms with Gasteiger partial charge in [-0.3, -0.25) is 4.79 Å². The van der Waals surface area contributed by atoms with Crippen molar-refractivity contribution in [1.29, 1.82) is 0 Å². The molecule has 1 aromatic heterocycles. The number of nitrogens with one attached hydrogen (secondary N) is 1. The number of rotatable bonds is 0. The molecule has 0 spiro atoms. The van der Waals surface area contributed by atoms with E-state index in [4.69, 9.17) is 23.2 Å². The maximum Gasteiger partial charge on any atom is 0.225 e. The fraction of sp³-hybridized carbons (Fsp3) is 0.286. The molecule has 1 aromatic rings. The van der Waals surface area contributed by atoms with Crippen molar-refractivity contribution in [2.75, 3.05) is 5.32 Å². The number of fused-ring (bicyclic) bond motifs is 1. The zero-order valence-electron chi connectivity index (χ0n) is 6.47. The fourth-order valence-corrected chi connectivity index (χ4v) is 1.67. The topological polar surface area (TPSA) is 54.9 Å². The molecule has 0 fully saturated rings. The van der Waals surface area contributed by atoms with Crippen molar-refractivity contribution < 1.29 is 4.79 Å². The molecule has 0 bridgehead atoms. The number of aromatic nitrogens is 2. The fourth-order valence-electron chi connectivity index (χ4n) is 1.19. The van der Waals surface area contributed by atoms with E-state index >= 15 is 0 Å². The van der Waals surface area contributed by atoms with Crippen LogP contribution in [0.1, 0.15) is 12.0 Å². The third kappa shape index (κ3) is 1.59. The molecular weight excluding hydrogens is 213 g/mol. The van der Waals surface area contributed by atoms with Crippen LogP contribution >= 0.6 is 23.2 Å². The van der Waals surface area contributed by atoms with Crippen LogP contribution in [0.5, 0.6) is 0 Å². The molecule has 68 valence electrons. The highest BCUT2D eigenvalue weighted by molar-refractivity contribution is 6.32. The molecule has 1 aliphatic rings. The lowest BCUT2D eigenvalue weighted by Gasteiger charge is -2.15. The Labute approximate surface area is 84.3 Å². The summed E-state index contributed by atoms with van der Waals surface area (Å²) in [5, 5.41) is 2.94. The van der Waals surface area contributed by atoms with E-state index in [0.717, 1.165) is 5.56 Å². The van der Waals surface area contributed by atoms with Gasteiger partial charge in [-0.2, -0.15) is 0 Å². The standard InChI is InChI=1S/C7H5Cl2N3O/c8-5-3-1-2-4(13)10-6(3)12-7(9)11-5/h1-2H2,(H,10,11,12,13). The molecule has 1 N–H and O–H groups in total. The first kappa shape index (κ1) is 8.72. The van der Waals surface area contributed by atoms with Crippen LogP contribution in [0.4, 0.5) is 5.82 Å². The maximum atomic E-state index is 11.0. The SMILES string of the molecule is O=C1CCc2c(Cl)nc(Cl)nc2N1. The molecule has 4 nitrogen and oxygen atoms in total. The van der Waals surface area contributed by atoms with Crippen LogP contribution in [-0.2, 0) is 11.2 Å². The van der Waals surface area contributed by atoms with Crippen molar-refractivity contribution in [1.82, 2.24) is 9.97 Å². The zero-order valence-corrected chi connectivity index (χ0v) is 7.98. The summed E-state index contributed by atoms with van der Waals surface area (Å²) in [4.78, 5) is 18.6. The van der Waals surface area contributed by atoms with E-state index in [2.05, 4.69) is 15.3 Å². The van der Waals surface area contributed by atoms with E-state index in [1.807, 2.05) is 0 Å². The first-order chi connectivity index (χ1) is 6.16. The molecule has 0 aliphatic carbocycles. The summed E-state index contributed by atoms with van der Waals surface area (Å²) >= 11 is 11.4. The quantitative estimate of drug-likeness (QED) is 0.532. The van der Waals surface area contributed by atoms with Crippen molar-refractivity contribution >= 4 is 34.9 Å². The highest BCUT2D eigenvalue weighted by Gasteiger charge is 2.20. The average molecular weight is 218 g/mol. The van der Waals surface area contributed by atoms with Crippen LogP contribution in [0.3, 0.4) is 0 Å². The molecule has 0 atom stereocenters. The predicted molar refractivity (Wildman–Crippen MR) is 49.0 cm³/mol. The van der Waals surface area contributed by atoms with E-state index in [1.165, 1.54) is 0 Å². The number of nitrogens with zero attached hydrogens (tertiary/aromatic N) is 2. The number of anilines is 1. The zero-order chi connectivity index (χ0) is 9.42. The van der Waals surface area contributed by atoms with Crippen LogP contribution in [0.25, 0.3) is 0 Å². The summed E-state index contributed by atoms with van der Waals surface area (Å²) in [5.41, 5.74) is 0.755. The maximum absolute atomic E-state index is 11.0. The van der Waals surface area contributed by atoms with Crippen molar-refractivity contribution in [2.24, 2.45) is 0 Å². The Hall–Kier alpha value is -0.870. The van der Waals surface area contributed by atoms with Crippen molar-refractivity contribution in [3.8, 4) is 0 Å². The second kappa shape index (κ2) is 3.12. The Kier molecular flexibility index (Phi) is 2.09. The van der Waals surface area contributed by atoms with E-state index in [-0.39, 0.29) is 11.2 Å². The van der Waals surface area contributed by atoms with Gasteiger partial charge >= 0.3 is 0 Å². The first-order valence-electron chi connectivity index (χ1n) is 3.68. The third-order valence-corrected chi connectivity index (χ3v) is 2.27. The number of hydrogen-bond acceptors (Lipinski definition) is 3. The Bertz CT molecular complexity index is 380. The molecule has 0 radical (unpaired) electrons. The molecule has 1 amide bonds. The van der Waals surface area contributed by atoms with Gasteiger partial charge in [0.15, 0.2) is 0 Å². The largest absolute Gasteiger partial charge is 0.310 e. The summed E-state index contributed by atoms with van der Waals surface area (Å²) in [5.74, 6) is 0.361. The summed E-state index contributed by atoms with van der Waals surface area (Å²) < 4.78 is 0. The first-order valence-corrected chi connectivity index (χ1v) is 4.44. The van der Waals surface area contributed by atoms with E-state index in [1.54, 1.807) is 0 Å². The lowest BCUT2D eigenvalue weighted by Crippen LogP contribution is -2.20. The summed E-state index contributed by atoms with van der Waals surface area (Å²) in [6, 6.07) is 0. The number of carbonyl (C=O) groups excluding carboxylic acids is 1. The van der Waals surface area contributed by atoms with Crippen LogP contribution in [0.15, 0.2) is 0 Å². The summed E-state index contributed by atoms with van der Waals surface area (Å²) in [6.07, 6.45) is 0.981. The molecule has 1 aliphatic heterocycles. The molecule has 0 unspecified atom stereocenters. The third-order valence-electron chi connectivity index (χ3n) is 1.79. The highest BCUT2D eigenvalue weighted by atomic mass is 35.5. The monoisotopic (exact) mass is 217 g/mol. The summed E-state index contributed by atoms with van der Waals surface area (Å²) in [6.45, 7) is 0. The van der Waals surface area contributed by atoms with Gasteiger partial charge in [-0.25, -0.2) is 9.97 Å². The van der Waals surface area contributed by atoms with Gasteiger partial charge in [0.25, 0.3) is 0 Å². The Morgan fingerprint density at radius 2 is 2.00 bits per heavy atom. The minimum Gasteiger partial charge on any atom is -0.310 e. The molecule has 6 heteroatoms. The molecule has 0 aromatic carbocycles. The summed E-state index contributed by atoms with van der Waals surface area (Å²) in [7, 11) is 0. The number of hydrogen-bond donors (Lipinski definition) is 1. The minimum absolute atomic E-state index is 0.0472. The second-order valence-electron chi connectivity index (χ2n) is 2.66. The Balaban J connectivity index is 2.53. The number of amides is 1. The van der Waals surface area contributed by atoms with Crippen LogP contribution in [-0.4, -0.2) is 15.9 Å². The molecular formula is C7H5Cl2N3O. The van der Waals surface area contributed by atoms with Gasteiger partial charge in [-0.1, -0.05) is 11.6 Å². The Morgan fingerprint density at radius 3 is 2.77 bits per heavy atom. The number of halogens is 2. The van der Waals surface area contributed by atoms with Gasteiger partial charge in [-0.15, -0.1) is 0 Å². The smallest absolute Gasteiger partial charge is 0.225 e. The normalized spacial score (nSPS) is 15.1. The van der Waals surface area contributed by atoms with Gasteiger partial charge in [0.1, 0.15) is 11.0 Å². The molecule has 2 heterocycles. The van der Waals surface area contributed by atoms with Gasteiger partial charge in [0, 0.05) is 12.0 Å². The molecule has 0 saturated heterocycles.